The number of hydrogen-bond acceptors (Lipinski definition) is 4. The molecule has 1 atom stereocenters. The molecule has 0 aliphatic carbocycles. The van der Waals surface area contributed by atoms with E-state index >= 15 is 0 Å². The lowest BCUT2D eigenvalue weighted by atomic mass is 10.3. The number of methoxy groups -OCH3 is 1. The van der Waals surface area contributed by atoms with Gasteiger partial charge in [-0.15, -0.1) is 0 Å². The summed E-state index contributed by atoms with van der Waals surface area (Å²) in [5.41, 5.74) is 0. The molecular weight excluding hydrogens is 218 g/mol. The van der Waals surface area contributed by atoms with Crippen molar-refractivity contribution in [1.29, 1.82) is 0 Å². The summed E-state index contributed by atoms with van der Waals surface area (Å²) in [6.45, 7) is 2.56. The van der Waals surface area contributed by atoms with Gasteiger partial charge in [-0.25, -0.2) is 0 Å². The van der Waals surface area contributed by atoms with Gasteiger partial charge in [-0.05, 0) is 25.1 Å². The monoisotopic (exact) mass is 239 g/mol. The van der Waals surface area contributed by atoms with Crippen molar-refractivity contribution in [3.8, 4) is 5.75 Å². The van der Waals surface area contributed by atoms with Crippen LogP contribution in [0.5, 0.6) is 5.75 Å². The van der Waals surface area contributed by atoms with Crippen LogP contribution in [0.25, 0.3) is 0 Å². The summed E-state index contributed by atoms with van der Waals surface area (Å²) >= 11 is 0. The Balaban J connectivity index is 1.95. The third-order valence-corrected chi connectivity index (χ3v) is 2.30. The number of rotatable bonds is 9. The second kappa shape index (κ2) is 8.98. The van der Waals surface area contributed by atoms with Crippen LogP contribution < -0.4 is 10.1 Å². The van der Waals surface area contributed by atoms with Gasteiger partial charge in [-0.2, -0.15) is 0 Å². The van der Waals surface area contributed by atoms with Gasteiger partial charge < -0.3 is 19.9 Å². The van der Waals surface area contributed by atoms with E-state index in [1.54, 1.807) is 7.11 Å². The fourth-order valence-corrected chi connectivity index (χ4v) is 1.43. The maximum Gasteiger partial charge on any atom is 0.119 e. The van der Waals surface area contributed by atoms with Crippen molar-refractivity contribution in [2.75, 3.05) is 33.4 Å². The first-order valence-corrected chi connectivity index (χ1v) is 5.88. The fourth-order valence-electron chi connectivity index (χ4n) is 1.43. The quantitative estimate of drug-likeness (QED) is 0.633. The zero-order valence-corrected chi connectivity index (χ0v) is 10.3. The molecule has 0 bridgehead atoms. The highest BCUT2D eigenvalue weighted by Crippen LogP contribution is 2.07. The molecule has 4 heteroatoms. The highest BCUT2D eigenvalue weighted by Gasteiger charge is 2.01. The largest absolute Gasteiger partial charge is 0.492 e. The molecule has 1 unspecified atom stereocenters. The summed E-state index contributed by atoms with van der Waals surface area (Å²) in [5.74, 6) is 0.883. The number of nitrogens with one attached hydrogen (secondary N) is 1. The van der Waals surface area contributed by atoms with Crippen molar-refractivity contribution in [2.24, 2.45) is 0 Å². The number of benzene rings is 1. The van der Waals surface area contributed by atoms with Crippen LogP contribution in [0.3, 0.4) is 0 Å². The Morgan fingerprint density at radius 3 is 2.71 bits per heavy atom. The van der Waals surface area contributed by atoms with E-state index in [2.05, 4.69) is 5.32 Å². The van der Waals surface area contributed by atoms with Crippen LogP contribution in [-0.4, -0.2) is 44.6 Å². The third-order valence-electron chi connectivity index (χ3n) is 2.30. The second-order valence-corrected chi connectivity index (χ2v) is 3.81. The number of ether oxygens (including phenoxy) is 2. The minimum Gasteiger partial charge on any atom is -0.492 e. The minimum absolute atomic E-state index is 0.387. The Bertz CT molecular complexity index is 279. The van der Waals surface area contributed by atoms with Gasteiger partial charge in [-0.3, -0.25) is 0 Å². The van der Waals surface area contributed by atoms with E-state index in [0.29, 0.717) is 19.6 Å². The standard InChI is InChI=1S/C13H21NO3/c1-16-11-12(15)7-8-14-9-10-17-13-5-3-2-4-6-13/h2-6,12,14-15H,7-11H2,1H3. The molecular formula is C13H21NO3. The van der Waals surface area contributed by atoms with Gasteiger partial charge >= 0.3 is 0 Å². The Labute approximate surface area is 103 Å². The van der Waals surface area contributed by atoms with E-state index in [4.69, 9.17) is 9.47 Å². The molecule has 2 N–H and O–H groups in total. The van der Waals surface area contributed by atoms with Crippen molar-refractivity contribution in [2.45, 2.75) is 12.5 Å². The van der Waals surface area contributed by atoms with Crippen LogP contribution in [-0.2, 0) is 4.74 Å². The van der Waals surface area contributed by atoms with Crippen LogP contribution in [0.15, 0.2) is 30.3 Å². The summed E-state index contributed by atoms with van der Waals surface area (Å²) in [4.78, 5) is 0. The molecule has 0 spiro atoms. The molecule has 0 aliphatic rings. The van der Waals surface area contributed by atoms with Crippen molar-refractivity contribution in [3.63, 3.8) is 0 Å². The number of para-hydroxylation sites is 1. The maximum atomic E-state index is 9.39. The van der Waals surface area contributed by atoms with E-state index in [0.717, 1.165) is 18.8 Å². The van der Waals surface area contributed by atoms with E-state index in [1.807, 2.05) is 30.3 Å². The first kappa shape index (κ1) is 14.0. The molecule has 0 saturated carbocycles. The molecule has 0 amide bonds. The molecule has 1 aromatic carbocycles. The summed E-state index contributed by atoms with van der Waals surface area (Å²) in [6.07, 6.45) is 0.307. The summed E-state index contributed by atoms with van der Waals surface area (Å²) in [6, 6.07) is 9.72. The fraction of sp³-hybridized carbons (Fsp3) is 0.538. The molecule has 96 valence electrons. The molecule has 0 fully saturated rings. The van der Waals surface area contributed by atoms with Crippen LogP contribution in [0.2, 0.25) is 0 Å². The van der Waals surface area contributed by atoms with Crippen LogP contribution >= 0.6 is 0 Å². The molecule has 0 saturated heterocycles. The van der Waals surface area contributed by atoms with Crippen molar-refractivity contribution in [3.05, 3.63) is 30.3 Å². The predicted molar refractivity (Wildman–Crippen MR) is 67.3 cm³/mol. The Kier molecular flexibility index (Phi) is 7.38. The maximum absolute atomic E-state index is 9.39. The van der Waals surface area contributed by atoms with E-state index in [-0.39, 0.29) is 6.10 Å². The van der Waals surface area contributed by atoms with Crippen molar-refractivity contribution < 1.29 is 14.6 Å². The first-order valence-electron chi connectivity index (χ1n) is 5.88. The summed E-state index contributed by atoms with van der Waals surface area (Å²) in [7, 11) is 1.59. The topological polar surface area (TPSA) is 50.7 Å². The predicted octanol–water partition coefficient (Wildman–Crippen LogP) is 1.05. The van der Waals surface area contributed by atoms with Crippen LogP contribution in [0.1, 0.15) is 6.42 Å². The second-order valence-electron chi connectivity index (χ2n) is 3.81. The van der Waals surface area contributed by atoms with E-state index in [1.165, 1.54) is 0 Å². The van der Waals surface area contributed by atoms with Crippen LogP contribution in [0.4, 0.5) is 0 Å². The van der Waals surface area contributed by atoms with Gasteiger partial charge in [0.1, 0.15) is 12.4 Å². The van der Waals surface area contributed by atoms with Crippen molar-refractivity contribution >= 4 is 0 Å². The average molecular weight is 239 g/mol. The van der Waals surface area contributed by atoms with Crippen molar-refractivity contribution in [1.82, 2.24) is 5.32 Å². The number of hydrogen-bond donors (Lipinski definition) is 2. The Hall–Kier alpha value is -1.10. The summed E-state index contributed by atoms with van der Waals surface area (Å²) < 4.78 is 10.3. The molecule has 0 aromatic heterocycles. The Morgan fingerprint density at radius 2 is 2.00 bits per heavy atom. The SMILES string of the molecule is COCC(O)CCNCCOc1ccccc1. The average Bonchev–Trinajstić information content (AvgIpc) is 2.35. The third kappa shape index (κ3) is 6.94. The highest BCUT2D eigenvalue weighted by atomic mass is 16.5. The lowest BCUT2D eigenvalue weighted by molar-refractivity contribution is 0.0593. The van der Waals surface area contributed by atoms with E-state index < -0.39 is 0 Å². The Morgan fingerprint density at radius 1 is 1.24 bits per heavy atom. The van der Waals surface area contributed by atoms with E-state index in [9.17, 15) is 5.11 Å². The molecule has 17 heavy (non-hydrogen) atoms. The number of aliphatic hydroxyl groups excluding tert-OH is 1. The molecule has 0 radical (unpaired) electrons. The number of aliphatic hydroxyl groups is 1. The minimum atomic E-state index is -0.387. The smallest absolute Gasteiger partial charge is 0.119 e. The molecule has 1 aromatic rings. The molecule has 0 heterocycles. The lowest BCUT2D eigenvalue weighted by Gasteiger charge is -2.10. The van der Waals surface area contributed by atoms with Gasteiger partial charge in [0.15, 0.2) is 0 Å². The summed E-state index contributed by atoms with van der Waals surface area (Å²) in [5, 5.41) is 12.6. The first-order chi connectivity index (χ1) is 8.33. The van der Waals surface area contributed by atoms with Gasteiger partial charge in [-0.1, -0.05) is 18.2 Å². The zero-order valence-electron chi connectivity index (χ0n) is 10.3. The van der Waals surface area contributed by atoms with Gasteiger partial charge in [0.25, 0.3) is 0 Å². The normalized spacial score (nSPS) is 12.4. The van der Waals surface area contributed by atoms with Crippen LogP contribution in [0, 0.1) is 0 Å². The molecule has 4 nitrogen and oxygen atoms in total. The molecule has 1 rings (SSSR count). The highest BCUT2D eigenvalue weighted by molar-refractivity contribution is 5.20. The molecule has 0 aliphatic heterocycles. The zero-order chi connectivity index (χ0) is 12.3. The lowest BCUT2D eigenvalue weighted by Crippen LogP contribution is -2.26. The van der Waals surface area contributed by atoms with Gasteiger partial charge in [0.05, 0.1) is 12.7 Å². The van der Waals surface area contributed by atoms with Gasteiger partial charge in [0.2, 0.25) is 0 Å². The van der Waals surface area contributed by atoms with Gasteiger partial charge in [0, 0.05) is 13.7 Å².